The van der Waals surface area contributed by atoms with Crippen LogP contribution >= 0.6 is 24.8 Å². The van der Waals surface area contributed by atoms with Crippen LogP contribution in [0, 0.1) is 11.7 Å². The fraction of sp³-hybridized carbons (Fsp3) is 0.667. The fourth-order valence-electron chi connectivity index (χ4n) is 4.94. The number of carbonyl (C=O) groups is 1. The maximum Gasteiger partial charge on any atom is 0.222 e. The van der Waals surface area contributed by atoms with Gasteiger partial charge in [-0.05, 0) is 49.3 Å². The number of hydrogen-bond donors (Lipinski definition) is 1. The van der Waals surface area contributed by atoms with Crippen LogP contribution in [0.25, 0.3) is 0 Å². The van der Waals surface area contributed by atoms with E-state index in [-0.39, 0.29) is 36.4 Å². The van der Waals surface area contributed by atoms with Gasteiger partial charge in [-0.2, -0.15) is 0 Å². The molecule has 3 aliphatic rings. The topological polar surface area (TPSA) is 44.8 Å². The van der Waals surface area contributed by atoms with E-state index in [1.165, 1.54) is 20.0 Å². The fourth-order valence-corrected chi connectivity index (χ4v) is 4.94. The number of piperazine rings is 1. The van der Waals surface area contributed by atoms with Gasteiger partial charge in [0.1, 0.15) is 0 Å². The van der Waals surface area contributed by atoms with Crippen molar-refractivity contribution >= 4 is 30.7 Å². The monoisotopic (exact) mass is 447 g/mol. The van der Waals surface area contributed by atoms with E-state index in [1.807, 2.05) is 11.0 Å². The molecule has 8 heteroatoms. The number of nitrogens with zero attached hydrogens (tertiary/aromatic N) is 2. The number of hydrogen-bond acceptors (Lipinski definition) is 4. The molecule has 2 atom stereocenters. The van der Waals surface area contributed by atoms with E-state index in [4.69, 9.17) is 4.74 Å². The van der Waals surface area contributed by atoms with E-state index in [9.17, 15) is 9.18 Å². The first-order chi connectivity index (χ1) is 13.1. The van der Waals surface area contributed by atoms with Gasteiger partial charge >= 0.3 is 0 Å². The largest absolute Gasteiger partial charge is 0.494 e. The molecule has 1 amide bonds. The summed E-state index contributed by atoms with van der Waals surface area (Å²) in [5.74, 6) is 0.827. The van der Waals surface area contributed by atoms with E-state index in [0.717, 1.165) is 44.6 Å². The zero-order valence-corrected chi connectivity index (χ0v) is 18.6. The van der Waals surface area contributed by atoms with Gasteiger partial charge in [-0.15, -0.1) is 24.8 Å². The van der Waals surface area contributed by atoms with Crippen molar-refractivity contribution in [1.82, 2.24) is 15.1 Å². The summed E-state index contributed by atoms with van der Waals surface area (Å²) in [6, 6.07) is 6.41. The third kappa shape index (κ3) is 5.97. The number of fused-ring (bicyclic) bond motifs is 2. The highest BCUT2D eigenvalue weighted by molar-refractivity contribution is 5.85. The molecule has 1 aromatic rings. The van der Waals surface area contributed by atoms with Gasteiger partial charge in [0.25, 0.3) is 0 Å². The van der Waals surface area contributed by atoms with Crippen molar-refractivity contribution in [1.29, 1.82) is 0 Å². The molecule has 3 saturated heterocycles. The lowest BCUT2D eigenvalue weighted by Gasteiger charge is -2.36. The molecule has 164 valence electrons. The molecule has 3 fully saturated rings. The van der Waals surface area contributed by atoms with Crippen molar-refractivity contribution in [3.05, 3.63) is 29.6 Å². The number of carbonyl (C=O) groups excluding carboxylic acids is 1. The minimum Gasteiger partial charge on any atom is -0.494 e. The molecular weight excluding hydrogens is 416 g/mol. The number of amides is 1. The standard InChI is InChI=1S/C21H30FN3O2.2ClH/c1-27-20-5-2-15(12-19(20)22)14-24-6-8-25(9-7-24)21(26)13-16-10-17-3-4-18(11-16)23-17;;/h2,5,12,16-18,23H,3-4,6-11,13-14H2,1H3;2*1H. The Morgan fingerprint density at radius 2 is 1.79 bits per heavy atom. The molecule has 2 unspecified atom stereocenters. The zero-order chi connectivity index (χ0) is 18.8. The first kappa shape index (κ1) is 24.2. The van der Waals surface area contributed by atoms with Crippen LogP contribution in [0.5, 0.6) is 5.75 Å². The normalized spacial score (nSPS) is 26.4. The number of methoxy groups -OCH3 is 1. The molecule has 0 aliphatic carbocycles. The number of rotatable bonds is 5. The maximum atomic E-state index is 13.9. The minimum atomic E-state index is -0.320. The molecule has 1 aromatic carbocycles. The van der Waals surface area contributed by atoms with Crippen molar-refractivity contribution in [3.8, 4) is 5.75 Å². The quantitative estimate of drug-likeness (QED) is 0.752. The van der Waals surface area contributed by atoms with Crippen LogP contribution in [0.3, 0.4) is 0 Å². The summed E-state index contributed by atoms with van der Waals surface area (Å²) in [4.78, 5) is 17.0. The molecule has 29 heavy (non-hydrogen) atoms. The first-order valence-corrected chi connectivity index (χ1v) is 10.2. The second-order valence-electron chi connectivity index (χ2n) is 8.31. The van der Waals surface area contributed by atoms with Crippen molar-refractivity contribution in [3.63, 3.8) is 0 Å². The highest BCUT2D eigenvalue weighted by atomic mass is 35.5. The highest BCUT2D eigenvalue weighted by Gasteiger charge is 2.35. The predicted octanol–water partition coefficient (Wildman–Crippen LogP) is 3.24. The van der Waals surface area contributed by atoms with Crippen LogP contribution in [-0.2, 0) is 11.3 Å². The van der Waals surface area contributed by atoms with Gasteiger partial charge in [-0.25, -0.2) is 4.39 Å². The Morgan fingerprint density at radius 3 is 2.38 bits per heavy atom. The second kappa shape index (κ2) is 10.8. The number of nitrogens with one attached hydrogen (secondary N) is 1. The number of benzene rings is 1. The Hall–Kier alpha value is -1.08. The number of piperidine rings is 1. The van der Waals surface area contributed by atoms with Crippen LogP contribution in [0.2, 0.25) is 0 Å². The van der Waals surface area contributed by atoms with E-state index in [0.29, 0.717) is 36.9 Å². The molecule has 4 rings (SSSR count). The Morgan fingerprint density at radius 1 is 1.14 bits per heavy atom. The van der Waals surface area contributed by atoms with Crippen molar-refractivity contribution < 1.29 is 13.9 Å². The lowest BCUT2D eigenvalue weighted by Crippen LogP contribution is -2.49. The SMILES string of the molecule is COc1ccc(CN2CCN(C(=O)CC3CC4CCC(C3)N4)CC2)cc1F.Cl.Cl. The molecule has 3 aliphatic heterocycles. The summed E-state index contributed by atoms with van der Waals surface area (Å²) in [6.07, 6.45) is 5.58. The molecule has 0 saturated carbocycles. The molecular formula is C21H32Cl2FN3O2. The van der Waals surface area contributed by atoms with E-state index in [1.54, 1.807) is 12.1 Å². The third-order valence-electron chi connectivity index (χ3n) is 6.38. The molecule has 5 nitrogen and oxygen atoms in total. The molecule has 0 radical (unpaired) electrons. The van der Waals surface area contributed by atoms with E-state index < -0.39 is 0 Å². The summed E-state index contributed by atoms with van der Waals surface area (Å²) in [7, 11) is 1.48. The third-order valence-corrected chi connectivity index (χ3v) is 6.38. The van der Waals surface area contributed by atoms with Crippen LogP contribution < -0.4 is 10.1 Å². The maximum absolute atomic E-state index is 13.9. The summed E-state index contributed by atoms with van der Waals surface area (Å²) < 4.78 is 18.8. The Balaban J connectivity index is 0.00000150. The molecule has 0 spiro atoms. The van der Waals surface area contributed by atoms with Crippen molar-refractivity contribution in [2.24, 2.45) is 5.92 Å². The summed E-state index contributed by atoms with van der Waals surface area (Å²) in [5, 5.41) is 3.65. The van der Waals surface area contributed by atoms with Gasteiger partial charge in [-0.3, -0.25) is 9.69 Å². The summed E-state index contributed by atoms with van der Waals surface area (Å²) in [5.41, 5.74) is 0.943. The van der Waals surface area contributed by atoms with Crippen molar-refractivity contribution in [2.45, 2.75) is 50.7 Å². The Labute approximate surface area is 185 Å². The van der Waals surface area contributed by atoms with Crippen LogP contribution in [0.1, 0.15) is 37.7 Å². The molecule has 3 heterocycles. The molecule has 1 N–H and O–H groups in total. The zero-order valence-electron chi connectivity index (χ0n) is 16.9. The minimum absolute atomic E-state index is 0. The van der Waals surface area contributed by atoms with Gasteiger partial charge in [0.15, 0.2) is 11.6 Å². The van der Waals surface area contributed by atoms with Gasteiger partial charge < -0.3 is 15.0 Å². The highest BCUT2D eigenvalue weighted by Crippen LogP contribution is 2.33. The predicted molar refractivity (Wildman–Crippen MR) is 117 cm³/mol. The number of halogens is 3. The van der Waals surface area contributed by atoms with Crippen LogP contribution in [0.15, 0.2) is 18.2 Å². The van der Waals surface area contributed by atoms with Gasteiger partial charge in [0.05, 0.1) is 7.11 Å². The average Bonchev–Trinajstić information content (AvgIpc) is 3.01. The van der Waals surface area contributed by atoms with E-state index >= 15 is 0 Å². The van der Waals surface area contributed by atoms with Crippen LogP contribution in [0.4, 0.5) is 4.39 Å². The average molecular weight is 448 g/mol. The molecule has 0 aromatic heterocycles. The first-order valence-electron chi connectivity index (χ1n) is 10.2. The second-order valence-corrected chi connectivity index (χ2v) is 8.31. The van der Waals surface area contributed by atoms with E-state index in [2.05, 4.69) is 10.2 Å². The number of ether oxygens (including phenoxy) is 1. The summed E-state index contributed by atoms with van der Waals surface area (Å²) in [6.45, 7) is 3.94. The van der Waals surface area contributed by atoms with Gasteiger partial charge in [-0.1, -0.05) is 6.07 Å². The Kier molecular flexibility index (Phi) is 9.01. The molecule has 2 bridgehead atoms. The lowest BCUT2D eigenvalue weighted by molar-refractivity contribution is -0.134. The van der Waals surface area contributed by atoms with Gasteiger partial charge in [0, 0.05) is 51.2 Å². The smallest absolute Gasteiger partial charge is 0.222 e. The van der Waals surface area contributed by atoms with Crippen LogP contribution in [-0.4, -0.2) is 61.1 Å². The van der Waals surface area contributed by atoms with Crippen molar-refractivity contribution in [2.75, 3.05) is 33.3 Å². The lowest BCUT2D eigenvalue weighted by atomic mass is 9.89. The van der Waals surface area contributed by atoms with Gasteiger partial charge in [0.2, 0.25) is 5.91 Å². The summed E-state index contributed by atoms with van der Waals surface area (Å²) >= 11 is 0. The Bertz CT molecular complexity index is 674.